The Morgan fingerprint density at radius 1 is 1.24 bits per heavy atom. The lowest BCUT2D eigenvalue weighted by molar-refractivity contribution is -0.385. The number of halogens is 2. The van der Waals surface area contributed by atoms with E-state index in [1.165, 1.54) is 18.2 Å². The summed E-state index contributed by atoms with van der Waals surface area (Å²) in [6, 6.07) is 6.46. The van der Waals surface area contributed by atoms with Crippen molar-refractivity contribution in [3.8, 4) is 0 Å². The van der Waals surface area contributed by atoms with Crippen LogP contribution in [-0.2, 0) is 6.54 Å². The molecule has 0 atom stereocenters. The van der Waals surface area contributed by atoms with Crippen LogP contribution in [0, 0.1) is 10.1 Å². The van der Waals surface area contributed by atoms with Gasteiger partial charge in [0.2, 0.25) is 0 Å². The molecule has 0 unspecified atom stereocenters. The SMILES string of the molecule is O=C(Cn1cc([N+](=O)[O-])ccc1=O)c1ccc(Cl)cc1Cl. The van der Waals surface area contributed by atoms with Crippen molar-refractivity contribution in [3.05, 3.63) is 72.6 Å². The van der Waals surface area contributed by atoms with Gasteiger partial charge in [-0.15, -0.1) is 0 Å². The number of benzene rings is 1. The highest BCUT2D eigenvalue weighted by atomic mass is 35.5. The third kappa shape index (κ3) is 3.48. The Bertz CT molecular complexity index is 786. The van der Waals surface area contributed by atoms with E-state index in [1.54, 1.807) is 0 Å². The fourth-order valence-electron chi connectivity index (χ4n) is 1.71. The van der Waals surface area contributed by atoms with Crippen LogP contribution in [0.25, 0.3) is 0 Å². The van der Waals surface area contributed by atoms with E-state index in [0.29, 0.717) is 5.02 Å². The van der Waals surface area contributed by atoms with Gasteiger partial charge in [-0.05, 0) is 18.2 Å². The fourth-order valence-corrected chi connectivity index (χ4v) is 2.22. The van der Waals surface area contributed by atoms with Gasteiger partial charge in [0.25, 0.3) is 11.2 Å². The summed E-state index contributed by atoms with van der Waals surface area (Å²) in [7, 11) is 0. The summed E-state index contributed by atoms with van der Waals surface area (Å²) in [6.45, 7) is -0.345. The van der Waals surface area contributed by atoms with E-state index in [-0.39, 0.29) is 22.8 Å². The molecule has 0 saturated carbocycles. The highest BCUT2D eigenvalue weighted by molar-refractivity contribution is 6.36. The Labute approximate surface area is 128 Å². The minimum absolute atomic E-state index is 0.158. The first-order chi connectivity index (χ1) is 9.88. The van der Waals surface area contributed by atoms with Crippen molar-refractivity contribution in [1.29, 1.82) is 0 Å². The molecule has 0 spiro atoms. The molecule has 0 radical (unpaired) electrons. The lowest BCUT2D eigenvalue weighted by Crippen LogP contribution is -2.23. The van der Waals surface area contributed by atoms with E-state index < -0.39 is 16.3 Å². The Morgan fingerprint density at radius 3 is 2.57 bits per heavy atom. The second-order valence-corrected chi connectivity index (χ2v) is 5.00. The van der Waals surface area contributed by atoms with Crippen molar-refractivity contribution < 1.29 is 9.72 Å². The molecule has 2 rings (SSSR count). The van der Waals surface area contributed by atoms with E-state index in [4.69, 9.17) is 23.2 Å². The minimum Gasteiger partial charge on any atom is -0.301 e. The van der Waals surface area contributed by atoms with Crippen LogP contribution in [0.3, 0.4) is 0 Å². The normalized spacial score (nSPS) is 10.4. The third-order valence-electron chi connectivity index (χ3n) is 2.72. The van der Waals surface area contributed by atoms with Crippen molar-refractivity contribution in [2.75, 3.05) is 0 Å². The molecule has 1 aromatic heterocycles. The van der Waals surface area contributed by atoms with Crippen LogP contribution in [0.2, 0.25) is 10.0 Å². The second-order valence-electron chi connectivity index (χ2n) is 4.16. The third-order valence-corrected chi connectivity index (χ3v) is 3.27. The predicted octanol–water partition coefficient (Wildman–Crippen LogP) is 2.95. The first kappa shape index (κ1) is 15.2. The minimum atomic E-state index is -0.643. The van der Waals surface area contributed by atoms with Crippen LogP contribution >= 0.6 is 23.2 Å². The molecule has 1 heterocycles. The highest BCUT2D eigenvalue weighted by Crippen LogP contribution is 2.21. The number of nitro groups is 1. The zero-order valence-corrected chi connectivity index (χ0v) is 12.0. The largest absolute Gasteiger partial charge is 0.301 e. The first-order valence-electron chi connectivity index (χ1n) is 5.71. The zero-order valence-electron chi connectivity index (χ0n) is 10.5. The molecule has 0 fully saturated rings. The number of pyridine rings is 1. The number of aromatic nitrogens is 1. The number of carbonyl (C=O) groups is 1. The molecule has 0 amide bonds. The van der Waals surface area contributed by atoms with Gasteiger partial charge in [-0.2, -0.15) is 0 Å². The van der Waals surface area contributed by atoms with Gasteiger partial charge in [-0.3, -0.25) is 19.7 Å². The molecule has 0 bridgehead atoms. The van der Waals surface area contributed by atoms with Gasteiger partial charge in [0.05, 0.1) is 22.7 Å². The van der Waals surface area contributed by atoms with Gasteiger partial charge in [-0.25, -0.2) is 0 Å². The van der Waals surface area contributed by atoms with Crippen LogP contribution in [0.5, 0.6) is 0 Å². The van der Waals surface area contributed by atoms with E-state index >= 15 is 0 Å². The maximum Gasteiger partial charge on any atom is 0.285 e. The molecule has 21 heavy (non-hydrogen) atoms. The summed E-state index contributed by atoms with van der Waals surface area (Å²) in [5.41, 5.74) is -0.594. The maximum absolute atomic E-state index is 12.1. The highest BCUT2D eigenvalue weighted by Gasteiger charge is 2.14. The second kappa shape index (κ2) is 6.07. The lowest BCUT2D eigenvalue weighted by atomic mass is 10.1. The van der Waals surface area contributed by atoms with Crippen LogP contribution in [0.4, 0.5) is 5.69 Å². The molecule has 0 aliphatic heterocycles. The number of hydrogen-bond donors (Lipinski definition) is 0. The smallest absolute Gasteiger partial charge is 0.285 e. The number of rotatable bonds is 4. The molecule has 0 saturated heterocycles. The van der Waals surface area contributed by atoms with Crippen molar-refractivity contribution in [2.24, 2.45) is 0 Å². The van der Waals surface area contributed by atoms with E-state index in [9.17, 15) is 19.7 Å². The average Bonchev–Trinajstić information content (AvgIpc) is 2.40. The molecule has 2 aromatic rings. The summed E-state index contributed by atoms with van der Waals surface area (Å²) in [4.78, 5) is 33.8. The molecular formula is C13H8Cl2N2O4. The van der Waals surface area contributed by atoms with Gasteiger partial charge in [0, 0.05) is 22.7 Å². The van der Waals surface area contributed by atoms with Crippen molar-refractivity contribution in [1.82, 2.24) is 4.57 Å². The van der Waals surface area contributed by atoms with Crippen LogP contribution in [0.15, 0.2) is 41.3 Å². The van der Waals surface area contributed by atoms with Gasteiger partial charge in [0.15, 0.2) is 5.78 Å². The van der Waals surface area contributed by atoms with Gasteiger partial charge >= 0.3 is 0 Å². The summed E-state index contributed by atoms with van der Waals surface area (Å²) in [6.07, 6.45) is 1.02. The number of carbonyl (C=O) groups excluding carboxylic acids is 1. The summed E-state index contributed by atoms with van der Waals surface area (Å²) in [5, 5.41) is 11.2. The Hall–Kier alpha value is -2.18. The number of ketones is 1. The quantitative estimate of drug-likeness (QED) is 0.491. The molecule has 8 heteroatoms. The van der Waals surface area contributed by atoms with Crippen molar-refractivity contribution in [2.45, 2.75) is 6.54 Å². The van der Waals surface area contributed by atoms with Gasteiger partial charge < -0.3 is 4.57 Å². The molecule has 0 N–H and O–H groups in total. The Morgan fingerprint density at radius 2 is 1.95 bits per heavy atom. The summed E-state index contributed by atoms with van der Waals surface area (Å²) >= 11 is 11.6. The molecule has 1 aromatic carbocycles. The van der Waals surface area contributed by atoms with E-state index in [1.807, 2.05) is 0 Å². The number of hydrogen-bond acceptors (Lipinski definition) is 4. The van der Waals surface area contributed by atoms with Gasteiger partial charge in [0.1, 0.15) is 0 Å². The van der Waals surface area contributed by atoms with Crippen LogP contribution in [-0.4, -0.2) is 15.3 Å². The molecule has 0 aliphatic rings. The summed E-state index contributed by atoms with van der Waals surface area (Å²) in [5.74, 6) is -0.445. The Balaban J connectivity index is 2.33. The van der Waals surface area contributed by atoms with E-state index in [0.717, 1.165) is 22.9 Å². The summed E-state index contributed by atoms with van der Waals surface area (Å²) < 4.78 is 0.964. The molecule has 108 valence electrons. The maximum atomic E-state index is 12.1. The molecule has 0 aliphatic carbocycles. The zero-order chi connectivity index (χ0) is 15.6. The standard InChI is InChI=1S/C13H8Cl2N2O4/c14-8-1-3-10(11(15)5-8)12(18)7-16-6-9(17(20)21)2-4-13(16)19/h1-6H,7H2. The number of Topliss-reactive ketones (excluding diaryl/α,β-unsaturated/α-hetero) is 1. The molecular weight excluding hydrogens is 319 g/mol. The first-order valence-corrected chi connectivity index (χ1v) is 6.47. The van der Waals surface area contributed by atoms with Crippen LogP contribution in [0.1, 0.15) is 10.4 Å². The van der Waals surface area contributed by atoms with Gasteiger partial charge in [-0.1, -0.05) is 23.2 Å². The Kier molecular flexibility index (Phi) is 4.40. The lowest BCUT2D eigenvalue weighted by Gasteiger charge is -2.06. The predicted molar refractivity (Wildman–Crippen MR) is 78.1 cm³/mol. The topological polar surface area (TPSA) is 82.2 Å². The number of nitrogens with zero attached hydrogens (tertiary/aromatic N) is 2. The van der Waals surface area contributed by atoms with Crippen LogP contribution < -0.4 is 5.56 Å². The van der Waals surface area contributed by atoms with Crippen molar-refractivity contribution in [3.63, 3.8) is 0 Å². The average molecular weight is 327 g/mol. The van der Waals surface area contributed by atoms with Crippen molar-refractivity contribution >= 4 is 34.7 Å². The van der Waals surface area contributed by atoms with E-state index in [2.05, 4.69) is 0 Å². The molecule has 6 nitrogen and oxygen atoms in total. The fraction of sp³-hybridized carbons (Fsp3) is 0.0769. The monoisotopic (exact) mass is 326 g/mol.